The number of carbonyl (C=O) groups is 1. The number of carbonyl (C=O) groups excluding carboxylic acids is 1. The first-order valence-electron chi connectivity index (χ1n) is 9.70. The van der Waals surface area contributed by atoms with Gasteiger partial charge >= 0.3 is 6.18 Å². The van der Waals surface area contributed by atoms with Gasteiger partial charge in [0.05, 0.1) is 0 Å². The van der Waals surface area contributed by atoms with Crippen molar-refractivity contribution in [2.45, 2.75) is 38.8 Å². The summed E-state index contributed by atoms with van der Waals surface area (Å²) in [6, 6.07) is 0. The van der Waals surface area contributed by atoms with Gasteiger partial charge in [-0.2, -0.15) is 13.2 Å². The van der Waals surface area contributed by atoms with Crippen LogP contribution in [0.5, 0.6) is 0 Å². The molecule has 2 rings (SSSR count). The van der Waals surface area contributed by atoms with Crippen LogP contribution in [-0.4, -0.2) is 80.9 Å². The molecule has 0 radical (unpaired) electrons. The summed E-state index contributed by atoms with van der Waals surface area (Å²) in [7, 11) is 0. The van der Waals surface area contributed by atoms with Gasteiger partial charge in [-0.25, -0.2) is 0 Å². The molecule has 2 fully saturated rings. The van der Waals surface area contributed by atoms with E-state index in [-0.39, 0.29) is 12.5 Å². The lowest BCUT2D eigenvalue weighted by Gasteiger charge is -2.36. The number of amides is 1. The smallest absolute Gasteiger partial charge is 0.372 e. The van der Waals surface area contributed by atoms with Gasteiger partial charge in [0.2, 0.25) is 5.91 Å². The first-order valence-corrected chi connectivity index (χ1v) is 9.70. The molecule has 2 heterocycles. The first-order chi connectivity index (χ1) is 12.3. The Balaban J connectivity index is 1.57. The molecule has 0 bridgehead atoms. The van der Waals surface area contributed by atoms with Crippen molar-refractivity contribution in [3.63, 3.8) is 0 Å². The minimum atomic E-state index is -4.25. The lowest BCUT2D eigenvalue weighted by molar-refractivity contribution is -0.174. The molecule has 0 aliphatic carbocycles. The summed E-state index contributed by atoms with van der Waals surface area (Å²) < 4.78 is 40.6. The molecule has 152 valence electrons. The monoisotopic (exact) mass is 379 g/mol. The number of rotatable bonds is 8. The molecular weight excluding hydrogens is 347 g/mol. The van der Waals surface area contributed by atoms with E-state index in [4.69, 9.17) is 0 Å². The molecule has 2 saturated heterocycles. The van der Waals surface area contributed by atoms with E-state index in [0.29, 0.717) is 44.3 Å². The van der Waals surface area contributed by atoms with Crippen LogP contribution in [-0.2, 0) is 9.53 Å². The van der Waals surface area contributed by atoms with Crippen LogP contribution in [0.15, 0.2) is 0 Å². The van der Waals surface area contributed by atoms with Crippen LogP contribution >= 0.6 is 0 Å². The van der Waals surface area contributed by atoms with Gasteiger partial charge in [0.25, 0.3) is 0 Å². The normalized spacial score (nSPS) is 23.8. The van der Waals surface area contributed by atoms with Crippen molar-refractivity contribution in [2.75, 3.05) is 59.0 Å². The zero-order valence-electron chi connectivity index (χ0n) is 15.7. The second-order valence-corrected chi connectivity index (χ2v) is 7.53. The molecular formula is C18H32F3N3O2. The average Bonchev–Trinajstić information content (AvgIpc) is 2.61. The molecule has 0 aromatic heterocycles. The molecule has 2 aliphatic heterocycles. The predicted molar refractivity (Wildman–Crippen MR) is 93.9 cm³/mol. The van der Waals surface area contributed by atoms with Gasteiger partial charge in [-0.05, 0) is 44.2 Å². The van der Waals surface area contributed by atoms with Gasteiger partial charge in [-0.1, -0.05) is 6.92 Å². The highest BCUT2D eigenvalue weighted by molar-refractivity contribution is 5.76. The lowest BCUT2D eigenvalue weighted by atomic mass is 9.85. The largest absolute Gasteiger partial charge is 0.411 e. The summed E-state index contributed by atoms with van der Waals surface area (Å²) in [5.41, 5.74) is 0. The molecule has 0 aromatic rings. The number of ether oxygens (including phenoxy) is 1. The van der Waals surface area contributed by atoms with Crippen molar-refractivity contribution in [1.29, 1.82) is 0 Å². The summed E-state index contributed by atoms with van der Waals surface area (Å²) in [5.74, 6) is 1.22. The van der Waals surface area contributed by atoms with Crippen LogP contribution in [0.4, 0.5) is 13.2 Å². The third-order valence-electron chi connectivity index (χ3n) is 5.39. The van der Waals surface area contributed by atoms with E-state index in [0.717, 1.165) is 26.2 Å². The number of piperidine rings is 1. The summed E-state index contributed by atoms with van der Waals surface area (Å²) in [6.07, 6.45) is -0.676. The summed E-state index contributed by atoms with van der Waals surface area (Å²) in [5, 5.41) is 3.41. The van der Waals surface area contributed by atoms with Gasteiger partial charge in [0, 0.05) is 45.8 Å². The highest BCUT2D eigenvalue weighted by atomic mass is 19.4. The van der Waals surface area contributed by atoms with Crippen molar-refractivity contribution in [3.05, 3.63) is 0 Å². The minimum Gasteiger partial charge on any atom is -0.372 e. The van der Waals surface area contributed by atoms with Crippen molar-refractivity contribution >= 4 is 5.91 Å². The van der Waals surface area contributed by atoms with Crippen LogP contribution < -0.4 is 5.32 Å². The second kappa shape index (κ2) is 10.5. The maximum atomic E-state index is 12.5. The van der Waals surface area contributed by atoms with E-state index in [1.165, 1.54) is 12.8 Å². The highest BCUT2D eigenvalue weighted by Gasteiger charge is 2.28. The van der Waals surface area contributed by atoms with Gasteiger partial charge in [0.1, 0.15) is 6.61 Å². The molecule has 2 unspecified atom stereocenters. The Morgan fingerprint density at radius 3 is 2.62 bits per heavy atom. The van der Waals surface area contributed by atoms with Crippen molar-refractivity contribution < 1.29 is 22.7 Å². The summed E-state index contributed by atoms with van der Waals surface area (Å²) >= 11 is 0. The fourth-order valence-corrected chi connectivity index (χ4v) is 3.73. The van der Waals surface area contributed by atoms with E-state index in [9.17, 15) is 18.0 Å². The van der Waals surface area contributed by atoms with Gasteiger partial charge in [-0.15, -0.1) is 0 Å². The number of hydrogen-bond donors (Lipinski definition) is 1. The van der Waals surface area contributed by atoms with Crippen molar-refractivity contribution in [3.8, 4) is 0 Å². The molecule has 0 saturated carbocycles. The lowest BCUT2D eigenvalue weighted by Crippen LogP contribution is -2.49. The minimum absolute atomic E-state index is 0.117. The zero-order valence-corrected chi connectivity index (χ0v) is 15.7. The third kappa shape index (κ3) is 7.80. The number of hydrogen-bond acceptors (Lipinski definition) is 4. The molecule has 1 amide bonds. The fraction of sp³-hybridized carbons (Fsp3) is 0.944. The van der Waals surface area contributed by atoms with Crippen LogP contribution in [0.25, 0.3) is 0 Å². The number of piperazine rings is 1. The first kappa shape index (κ1) is 21.4. The Bertz CT molecular complexity index is 420. The molecule has 0 spiro atoms. The summed E-state index contributed by atoms with van der Waals surface area (Å²) in [4.78, 5) is 16.6. The molecule has 5 nitrogen and oxygen atoms in total. The SMILES string of the molecule is CC(CC(=O)N1CCN(CCCOCC(F)(F)F)CC1)C1CCCNC1. The maximum absolute atomic E-state index is 12.5. The number of nitrogens with one attached hydrogen (secondary N) is 1. The molecule has 1 N–H and O–H groups in total. The second-order valence-electron chi connectivity index (χ2n) is 7.53. The quantitative estimate of drug-likeness (QED) is 0.657. The number of halogens is 3. The topological polar surface area (TPSA) is 44.8 Å². The standard InChI is InChI=1S/C18H32F3N3O2/c1-15(16-4-2-5-22-13-16)12-17(25)24-9-7-23(8-10-24)6-3-11-26-14-18(19,20)21/h15-16,22H,2-14H2,1H3. The Labute approximate surface area is 154 Å². The maximum Gasteiger partial charge on any atom is 0.411 e. The molecule has 2 aliphatic rings. The van der Waals surface area contributed by atoms with E-state index in [1.807, 2.05) is 4.90 Å². The fourth-order valence-electron chi connectivity index (χ4n) is 3.73. The average molecular weight is 379 g/mol. The van der Waals surface area contributed by atoms with Crippen LogP contribution in [0.3, 0.4) is 0 Å². The Morgan fingerprint density at radius 2 is 2.00 bits per heavy atom. The predicted octanol–water partition coefficient (Wildman–Crippen LogP) is 2.13. The molecule has 2 atom stereocenters. The van der Waals surface area contributed by atoms with E-state index in [1.54, 1.807) is 0 Å². The van der Waals surface area contributed by atoms with E-state index >= 15 is 0 Å². The van der Waals surface area contributed by atoms with Crippen molar-refractivity contribution in [1.82, 2.24) is 15.1 Å². The van der Waals surface area contributed by atoms with Gasteiger partial charge in [0.15, 0.2) is 0 Å². The van der Waals surface area contributed by atoms with Crippen molar-refractivity contribution in [2.24, 2.45) is 11.8 Å². The molecule has 0 aromatic carbocycles. The molecule has 26 heavy (non-hydrogen) atoms. The van der Waals surface area contributed by atoms with Crippen LogP contribution in [0, 0.1) is 11.8 Å². The Morgan fingerprint density at radius 1 is 1.27 bits per heavy atom. The Kier molecular flexibility index (Phi) is 8.63. The van der Waals surface area contributed by atoms with Gasteiger partial charge in [-0.3, -0.25) is 9.69 Å². The summed E-state index contributed by atoms with van der Waals surface area (Å²) in [6.45, 7) is 6.90. The van der Waals surface area contributed by atoms with Crippen LogP contribution in [0.1, 0.15) is 32.6 Å². The highest BCUT2D eigenvalue weighted by Crippen LogP contribution is 2.23. The van der Waals surface area contributed by atoms with Crippen LogP contribution in [0.2, 0.25) is 0 Å². The van der Waals surface area contributed by atoms with E-state index in [2.05, 4.69) is 21.9 Å². The Hall–Kier alpha value is -0.860. The van der Waals surface area contributed by atoms with Gasteiger partial charge < -0.3 is 15.0 Å². The zero-order chi connectivity index (χ0) is 19.0. The number of nitrogens with zero attached hydrogens (tertiary/aromatic N) is 2. The number of alkyl halides is 3. The third-order valence-corrected chi connectivity index (χ3v) is 5.39. The van der Waals surface area contributed by atoms with E-state index < -0.39 is 12.8 Å². The molecule has 8 heteroatoms.